The summed E-state index contributed by atoms with van der Waals surface area (Å²) in [7, 11) is 1.60. The number of phenols is 1. The van der Waals surface area contributed by atoms with E-state index < -0.39 is 0 Å². The van der Waals surface area contributed by atoms with Crippen LogP contribution in [-0.4, -0.2) is 42.1 Å². The van der Waals surface area contributed by atoms with E-state index in [0.717, 1.165) is 27.3 Å². The number of nitrogens with zero attached hydrogens (tertiary/aromatic N) is 1. The molecule has 0 spiro atoms. The summed E-state index contributed by atoms with van der Waals surface area (Å²) < 4.78 is 5.10. The van der Waals surface area contributed by atoms with Gasteiger partial charge in [-0.05, 0) is 46.7 Å². The van der Waals surface area contributed by atoms with Crippen LogP contribution in [0.15, 0.2) is 17.0 Å². The third kappa shape index (κ3) is 4.14. The van der Waals surface area contributed by atoms with Crippen LogP contribution in [0.25, 0.3) is 6.08 Å². The number of aromatic hydroxyl groups is 1. The molecular weight excluding hydrogens is 322 g/mol. The molecule has 1 aliphatic rings. The number of carbonyl (C=O) groups excluding carboxylic acids is 1. The minimum atomic E-state index is 0.0124. The van der Waals surface area contributed by atoms with Crippen molar-refractivity contribution in [1.82, 2.24) is 4.90 Å². The predicted molar refractivity (Wildman–Crippen MR) is 100 cm³/mol. The third-order valence-corrected chi connectivity index (χ3v) is 5.12. The number of benzene rings is 1. The van der Waals surface area contributed by atoms with E-state index in [2.05, 4.69) is 27.7 Å². The van der Waals surface area contributed by atoms with Crippen molar-refractivity contribution in [3.63, 3.8) is 0 Å². The molecule has 1 saturated heterocycles. The lowest BCUT2D eigenvalue weighted by atomic mass is 9.91. The number of methoxy groups -OCH3 is 1. The van der Waals surface area contributed by atoms with Crippen LogP contribution in [0, 0.1) is 0 Å². The maximum Gasteiger partial charge on any atom is 0.262 e. The second-order valence-electron chi connectivity index (χ2n) is 6.70. The molecule has 0 bridgehead atoms. The molecule has 1 aromatic carbocycles. The minimum absolute atomic E-state index is 0.0124. The number of rotatable bonds is 5. The van der Waals surface area contributed by atoms with Crippen molar-refractivity contribution in [2.24, 2.45) is 0 Å². The van der Waals surface area contributed by atoms with Gasteiger partial charge in [-0.1, -0.05) is 27.7 Å². The Labute approximate surface area is 148 Å². The van der Waals surface area contributed by atoms with Crippen molar-refractivity contribution in [2.45, 2.75) is 39.5 Å². The van der Waals surface area contributed by atoms with E-state index in [9.17, 15) is 9.90 Å². The Kier molecular flexibility index (Phi) is 6.35. The van der Waals surface area contributed by atoms with Crippen LogP contribution in [0.1, 0.15) is 56.2 Å². The van der Waals surface area contributed by atoms with Gasteiger partial charge in [-0.15, -0.1) is 11.8 Å². The number of carbonyl (C=O) groups is 1. The van der Waals surface area contributed by atoms with Gasteiger partial charge in [-0.3, -0.25) is 4.79 Å². The molecule has 1 amide bonds. The summed E-state index contributed by atoms with van der Waals surface area (Å²) >= 11 is 1.58. The highest BCUT2D eigenvalue weighted by Gasteiger charge is 2.24. The number of thioether (sulfide) groups is 1. The normalized spacial score (nSPS) is 17.4. The zero-order valence-corrected chi connectivity index (χ0v) is 15.9. The van der Waals surface area contributed by atoms with Crippen molar-refractivity contribution in [2.75, 3.05) is 26.1 Å². The van der Waals surface area contributed by atoms with E-state index in [-0.39, 0.29) is 17.7 Å². The van der Waals surface area contributed by atoms with Gasteiger partial charge in [-0.25, -0.2) is 0 Å². The van der Waals surface area contributed by atoms with E-state index in [1.807, 2.05) is 18.2 Å². The summed E-state index contributed by atoms with van der Waals surface area (Å²) in [6.45, 7) is 9.29. The number of amides is 1. The molecule has 0 aromatic heterocycles. The van der Waals surface area contributed by atoms with Crippen LogP contribution < -0.4 is 0 Å². The van der Waals surface area contributed by atoms with Crippen LogP contribution >= 0.6 is 11.8 Å². The van der Waals surface area contributed by atoms with E-state index in [4.69, 9.17) is 4.74 Å². The van der Waals surface area contributed by atoms with Crippen molar-refractivity contribution in [1.29, 1.82) is 0 Å². The van der Waals surface area contributed by atoms with Gasteiger partial charge in [0.25, 0.3) is 5.91 Å². The Bertz CT molecular complexity index is 606. The van der Waals surface area contributed by atoms with Crippen LogP contribution in [-0.2, 0) is 9.53 Å². The lowest BCUT2D eigenvalue weighted by Crippen LogP contribution is -2.38. The molecule has 1 N–H and O–H groups in total. The molecule has 5 heteroatoms. The van der Waals surface area contributed by atoms with Gasteiger partial charge in [0.15, 0.2) is 0 Å². The van der Waals surface area contributed by atoms with Crippen molar-refractivity contribution in [3.05, 3.63) is 33.7 Å². The fourth-order valence-corrected chi connectivity index (χ4v) is 3.79. The molecule has 2 rings (SSSR count). The monoisotopic (exact) mass is 349 g/mol. The van der Waals surface area contributed by atoms with Crippen molar-refractivity contribution < 1.29 is 14.6 Å². The average molecular weight is 349 g/mol. The Hall–Kier alpha value is -1.46. The SMILES string of the molecule is COCN1CCS/C(=C/c2cc(C(C)C)c(O)c(C(C)C)c2)C1=O. The van der Waals surface area contributed by atoms with Crippen LogP contribution in [0.2, 0.25) is 0 Å². The van der Waals surface area contributed by atoms with Gasteiger partial charge in [0, 0.05) is 19.4 Å². The van der Waals surface area contributed by atoms with Gasteiger partial charge >= 0.3 is 0 Å². The molecule has 0 saturated carbocycles. The fourth-order valence-electron chi connectivity index (χ4n) is 2.79. The quantitative estimate of drug-likeness (QED) is 0.811. The highest BCUT2D eigenvalue weighted by molar-refractivity contribution is 8.04. The standard InChI is InChI=1S/C19H27NO3S/c1-12(2)15-8-14(9-16(13(3)4)18(15)21)10-17-19(22)20(11-23-5)6-7-24-17/h8-10,12-13,21H,6-7,11H2,1-5H3/b17-10+. The third-order valence-electron chi connectivity index (χ3n) is 4.13. The first-order valence-corrected chi connectivity index (χ1v) is 9.33. The lowest BCUT2D eigenvalue weighted by Gasteiger charge is -2.27. The van der Waals surface area contributed by atoms with Gasteiger partial charge in [0.1, 0.15) is 12.5 Å². The second kappa shape index (κ2) is 8.08. The Morgan fingerprint density at radius 2 is 1.83 bits per heavy atom. The van der Waals surface area contributed by atoms with Crippen molar-refractivity contribution >= 4 is 23.7 Å². The number of hydrogen-bond acceptors (Lipinski definition) is 4. The largest absolute Gasteiger partial charge is 0.507 e. The molecule has 1 fully saturated rings. The summed E-state index contributed by atoms with van der Waals surface area (Å²) in [5.74, 6) is 1.71. The highest BCUT2D eigenvalue weighted by Crippen LogP contribution is 2.36. The van der Waals surface area contributed by atoms with E-state index in [0.29, 0.717) is 19.0 Å². The maximum atomic E-state index is 12.5. The van der Waals surface area contributed by atoms with Crippen LogP contribution in [0.3, 0.4) is 0 Å². The van der Waals surface area contributed by atoms with E-state index in [1.165, 1.54) is 0 Å². The highest BCUT2D eigenvalue weighted by atomic mass is 32.2. The lowest BCUT2D eigenvalue weighted by molar-refractivity contribution is -0.130. The molecule has 24 heavy (non-hydrogen) atoms. The molecule has 0 radical (unpaired) electrons. The number of phenolic OH excluding ortho intramolecular Hbond substituents is 1. The molecule has 0 atom stereocenters. The summed E-state index contributed by atoms with van der Waals surface area (Å²) in [6.07, 6.45) is 1.94. The van der Waals surface area contributed by atoms with E-state index in [1.54, 1.807) is 23.8 Å². The van der Waals surface area contributed by atoms with Gasteiger partial charge in [0.05, 0.1) is 4.91 Å². The molecule has 4 nitrogen and oxygen atoms in total. The fraction of sp³-hybridized carbons (Fsp3) is 0.526. The van der Waals surface area contributed by atoms with Gasteiger partial charge in [0.2, 0.25) is 0 Å². The Morgan fingerprint density at radius 1 is 1.25 bits per heavy atom. The first kappa shape index (κ1) is 18.9. The zero-order chi connectivity index (χ0) is 17.9. The summed E-state index contributed by atoms with van der Waals surface area (Å²) in [5.41, 5.74) is 2.82. The molecular formula is C19H27NO3S. The first-order chi connectivity index (χ1) is 11.3. The van der Waals surface area contributed by atoms with Gasteiger partial charge in [-0.2, -0.15) is 0 Å². The Balaban J connectivity index is 2.42. The van der Waals surface area contributed by atoms with Crippen LogP contribution in [0.5, 0.6) is 5.75 Å². The summed E-state index contributed by atoms with van der Waals surface area (Å²) in [6, 6.07) is 3.98. The number of hydrogen-bond donors (Lipinski definition) is 1. The van der Waals surface area contributed by atoms with Crippen molar-refractivity contribution in [3.8, 4) is 5.75 Å². The van der Waals surface area contributed by atoms with Gasteiger partial charge < -0.3 is 14.7 Å². The molecule has 0 aliphatic carbocycles. The second-order valence-corrected chi connectivity index (χ2v) is 7.84. The summed E-state index contributed by atoms with van der Waals surface area (Å²) in [4.78, 5) is 15.0. The van der Waals surface area contributed by atoms with E-state index >= 15 is 0 Å². The molecule has 1 aromatic rings. The molecule has 1 aliphatic heterocycles. The zero-order valence-electron chi connectivity index (χ0n) is 15.1. The molecule has 1 heterocycles. The first-order valence-electron chi connectivity index (χ1n) is 8.34. The summed E-state index contributed by atoms with van der Waals surface area (Å²) in [5, 5.41) is 10.5. The maximum absolute atomic E-state index is 12.5. The number of ether oxygens (including phenoxy) is 1. The molecule has 132 valence electrons. The molecule has 0 unspecified atom stereocenters. The predicted octanol–water partition coefficient (Wildman–Crippen LogP) is 4.16. The Morgan fingerprint density at radius 3 is 2.33 bits per heavy atom. The smallest absolute Gasteiger partial charge is 0.262 e. The average Bonchev–Trinajstić information content (AvgIpc) is 2.52. The minimum Gasteiger partial charge on any atom is -0.507 e. The van der Waals surface area contributed by atoms with Crippen LogP contribution in [0.4, 0.5) is 0 Å². The topological polar surface area (TPSA) is 49.8 Å².